The Hall–Kier alpha value is -0.840. The number of hydrogen-bond acceptors (Lipinski definition) is 4. The molecule has 1 aliphatic heterocycles. The first-order valence-corrected chi connectivity index (χ1v) is 7.76. The average Bonchev–Trinajstić information content (AvgIpc) is 2.92. The van der Waals surface area contributed by atoms with Crippen molar-refractivity contribution in [2.75, 3.05) is 26.2 Å². The molecule has 0 unspecified atom stereocenters. The summed E-state index contributed by atoms with van der Waals surface area (Å²) in [5, 5.41) is 4.04. The Kier molecular flexibility index (Phi) is 6.07. The number of nitrogens with zero attached hydrogens (tertiary/aromatic N) is 2. The fraction of sp³-hybridized carbons (Fsp3) is 0.667. The van der Waals surface area contributed by atoms with Gasteiger partial charge in [0.1, 0.15) is 6.61 Å². The topological polar surface area (TPSA) is 37.4 Å². The molecule has 0 aromatic carbocycles. The zero-order valence-corrected chi connectivity index (χ0v) is 13.1. The van der Waals surface area contributed by atoms with Crippen LogP contribution in [0.3, 0.4) is 0 Å². The van der Waals surface area contributed by atoms with Crippen LogP contribution in [0.1, 0.15) is 32.3 Å². The Morgan fingerprint density at radius 1 is 1.40 bits per heavy atom. The van der Waals surface area contributed by atoms with E-state index in [1.807, 2.05) is 6.07 Å². The lowest BCUT2D eigenvalue weighted by Gasteiger charge is -2.15. The van der Waals surface area contributed by atoms with E-state index in [0.717, 1.165) is 18.7 Å². The van der Waals surface area contributed by atoms with E-state index in [0.29, 0.717) is 23.6 Å². The maximum Gasteiger partial charge on any atom is 0.213 e. The number of rotatable bonds is 7. The molecular formula is C15H24ClN3O. The van der Waals surface area contributed by atoms with E-state index in [2.05, 4.69) is 29.0 Å². The van der Waals surface area contributed by atoms with E-state index in [9.17, 15) is 0 Å². The summed E-state index contributed by atoms with van der Waals surface area (Å²) in [5.74, 6) is 0.661. The summed E-state index contributed by atoms with van der Waals surface area (Å²) in [6.07, 6.45) is 4.29. The molecule has 1 N–H and O–H groups in total. The summed E-state index contributed by atoms with van der Waals surface area (Å²) < 4.78 is 5.73. The fourth-order valence-electron chi connectivity index (χ4n) is 2.27. The fourth-order valence-corrected chi connectivity index (χ4v) is 2.44. The maximum atomic E-state index is 6.15. The third-order valence-corrected chi connectivity index (χ3v) is 3.81. The second-order valence-electron chi connectivity index (χ2n) is 5.55. The lowest BCUT2D eigenvalue weighted by Crippen LogP contribution is -2.25. The number of nitrogens with one attached hydrogen (secondary N) is 1. The molecule has 2 heterocycles. The van der Waals surface area contributed by atoms with E-state index in [-0.39, 0.29) is 0 Å². The molecule has 1 fully saturated rings. The molecule has 1 aromatic rings. The zero-order chi connectivity index (χ0) is 14.4. The van der Waals surface area contributed by atoms with Gasteiger partial charge in [-0.25, -0.2) is 4.98 Å². The van der Waals surface area contributed by atoms with Crippen molar-refractivity contribution in [1.82, 2.24) is 15.2 Å². The summed E-state index contributed by atoms with van der Waals surface area (Å²) in [5.41, 5.74) is 1.03. The van der Waals surface area contributed by atoms with Crippen molar-refractivity contribution in [3.8, 4) is 5.88 Å². The average molecular weight is 298 g/mol. The summed E-state index contributed by atoms with van der Waals surface area (Å²) in [4.78, 5) is 6.66. The van der Waals surface area contributed by atoms with Crippen LogP contribution in [0.15, 0.2) is 12.3 Å². The van der Waals surface area contributed by atoms with Crippen LogP contribution >= 0.6 is 11.6 Å². The predicted molar refractivity (Wildman–Crippen MR) is 82.4 cm³/mol. The highest BCUT2D eigenvalue weighted by atomic mass is 35.5. The van der Waals surface area contributed by atoms with Crippen LogP contribution in [0.2, 0.25) is 5.02 Å². The third kappa shape index (κ3) is 4.93. The van der Waals surface area contributed by atoms with Gasteiger partial charge in [0.25, 0.3) is 0 Å². The Labute approximate surface area is 126 Å². The summed E-state index contributed by atoms with van der Waals surface area (Å²) >= 11 is 6.15. The van der Waals surface area contributed by atoms with Gasteiger partial charge >= 0.3 is 0 Å². The van der Waals surface area contributed by atoms with Crippen LogP contribution in [-0.2, 0) is 6.54 Å². The van der Waals surface area contributed by atoms with E-state index >= 15 is 0 Å². The van der Waals surface area contributed by atoms with Crippen molar-refractivity contribution < 1.29 is 4.74 Å². The standard InChI is InChI=1S/C15H24ClN3O/c1-12(2)17-10-13-9-15(18-11-14(13)16)20-8-7-19-5-3-4-6-19/h9,11-12,17H,3-8,10H2,1-2H3. The van der Waals surface area contributed by atoms with Crippen LogP contribution in [0, 0.1) is 0 Å². The van der Waals surface area contributed by atoms with Crippen LogP contribution in [-0.4, -0.2) is 42.2 Å². The van der Waals surface area contributed by atoms with Gasteiger partial charge in [0.2, 0.25) is 5.88 Å². The first-order chi connectivity index (χ1) is 9.65. The third-order valence-electron chi connectivity index (χ3n) is 3.47. The molecule has 1 saturated heterocycles. The lowest BCUT2D eigenvalue weighted by atomic mass is 10.2. The molecular weight excluding hydrogens is 274 g/mol. The van der Waals surface area contributed by atoms with E-state index in [1.165, 1.54) is 25.9 Å². The van der Waals surface area contributed by atoms with Crippen molar-refractivity contribution in [2.24, 2.45) is 0 Å². The number of pyridine rings is 1. The van der Waals surface area contributed by atoms with E-state index in [4.69, 9.17) is 16.3 Å². The van der Waals surface area contributed by atoms with Crippen LogP contribution in [0.5, 0.6) is 5.88 Å². The van der Waals surface area contributed by atoms with Crippen LogP contribution < -0.4 is 10.1 Å². The Morgan fingerprint density at radius 2 is 2.15 bits per heavy atom. The molecule has 0 bridgehead atoms. The highest BCUT2D eigenvalue weighted by Gasteiger charge is 2.11. The molecule has 0 saturated carbocycles. The monoisotopic (exact) mass is 297 g/mol. The first-order valence-electron chi connectivity index (χ1n) is 7.38. The van der Waals surface area contributed by atoms with Crippen LogP contribution in [0.25, 0.3) is 0 Å². The largest absolute Gasteiger partial charge is 0.476 e. The second-order valence-corrected chi connectivity index (χ2v) is 5.95. The minimum Gasteiger partial charge on any atom is -0.476 e. The van der Waals surface area contributed by atoms with Crippen molar-refractivity contribution in [3.05, 3.63) is 22.8 Å². The van der Waals surface area contributed by atoms with E-state index in [1.54, 1.807) is 6.20 Å². The molecule has 0 radical (unpaired) electrons. The molecule has 20 heavy (non-hydrogen) atoms. The predicted octanol–water partition coefficient (Wildman–Crippen LogP) is 2.71. The van der Waals surface area contributed by atoms with Crippen molar-refractivity contribution >= 4 is 11.6 Å². The summed E-state index contributed by atoms with van der Waals surface area (Å²) in [6, 6.07) is 2.36. The Bertz CT molecular complexity index is 420. The number of aromatic nitrogens is 1. The second kappa shape index (κ2) is 7.81. The van der Waals surface area contributed by atoms with Crippen molar-refractivity contribution in [1.29, 1.82) is 0 Å². The van der Waals surface area contributed by atoms with Gasteiger partial charge in [0, 0.05) is 31.4 Å². The van der Waals surface area contributed by atoms with Gasteiger partial charge in [-0.3, -0.25) is 4.90 Å². The van der Waals surface area contributed by atoms with Gasteiger partial charge in [-0.2, -0.15) is 0 Å². The molecule has 1 aromatic heterocycles. The Balaban J connectivity index is 1.82. The highest BCUT2D eigenvalue weighted by molar-refractivity contribution is 6.31. The van der Waals surface area contributed by atoms with Gasteiger partial charge in [0.15, 0.2) is 0 Å². The number of hydrogen-bond donors (Lipinski definition) is 1. The van der Waals surface area contributed by atoms with Gasteiger partial charge in [-0.05, 0) is 31.5 Å². The van der Waals surface area contributed by atoms with Gasteiger partial charge in [-0.15, -0.1) is 0 Å². The SMILES string of the molecule is CC(C)NCc1cc(OCCN2CCCC2)ncc1Cl. The minimum absolute atomic E-state index is 0.429. The molecule has 0 atom stereocenters. The molecule has 1 aliphatic rings. The molecule has 112 valence electrons. The molecule has 0 spiro atoms. The zero-order valence-electron chi connectivity index (χ0n) is 12.4. The van der Waals surface area contributed by atoms with Crippen LogP contribution in [0.4, 0.5) is 0 Å². The smallest absolute Gasteiger partial charge is 0.213 e. The normalized spacial score (nSPS) is 16.0. The van der Waals surface area contributed by atoms with Gasteiger partial charge in [-0.1, -0.05) is 25.4 Å². The minimum atomic E-state index is 0.429. The highest BCUT2D eigenvalue weighted by Crippen LogP contribution is 2.19. The Morgan fingerprint density at radius 3 is 2.85 bits per heavy atom. The molecule has 0 aliphatic carbocycles. The number of halogens is 1. The van der Waals surface area contributed by atoms with Crippen molar-refractivity contribution in [2.45, 2.75) is 39.3 Å². The summed E-state index contributed by atoms with van der Waals surface area (Å²) in [7, 11) is 0. The molecule has 0 amide bonds. The van der Waals surface area contributed by atoms with Crippen molar-refractivity contribution in [3.63, 3.8) is 0 Å². The first kappa shape index (κ1) is 15.5. The summed E-state index contributed by atoms with van der Waals surface area (Å²) in [6.45, 7) is 9.02. The maximum absolute atomic E-state index is 6.15. The number of likely N-dealkylation sites (tertiary alicyclic amines) is 1. The quantitative estimate of drug-likeness (QED) is 0.840. The van der Waals surface area contributed by atoms with Gasteiger partial charge in [0.05, 0.1) is 5.02 Å². The molecule has 4 nitrogen and oxygen atoms in total. The molecule has 5 heteroatoms. The van der Waals surface area contributed by atoms with E-state index < -0.39 is 0 Å². The molecule has 2 rings (SSSR count). The number of ether oxygens (including phenoxy) is 1. The lowest BCUT2D eigenvalue weighted by molar-refractivity contribution is 0.232. The van der Waals surface area contributed by atoms with Gasteiger partial charge < -0.3 is 10.1 Å².